The molecule has 0 bridgehead atoms. The zero-order valence-electron chi connectivity index (χ0n) is 10.00. The van der Waals surface area contributed by atoms with Crippen LogP contribution in [-0.2, 0) is 9.53 Å². The summed E-state index contributed by atoms with van der Waals surface area (Å²) in [5, 5.41) is 11.7. The SMILES string of the molecule is COC(=O)C(CO)Nc1nccn(C2CC2)c1=O. The van der Waals surface area contributed by atoms with Gasteiger partial charge in [0, 0.05) is 18.4 Å². The molecule has 1 unspecified atom stereocenters. The van der Waals surface area contributed by atoms with Crippen LogP contribution < -0.4 is 10.9 Å². The molecule has 98 valence electrons. The molecule has 18 heavy (non-hydrogen) atoms. The number of carbonyl (C=O) groups excluding carboxylic acids is 1. The summed E-state index contributed by atoms with van der Waals surface area (Å²) in [6.45, 7) is -0.466. The molecule has 0 amide bonds. The fourth-order valence-corrected chi connectivity index (χ4v) is 1.65. The Bertz CT molecular complexity index is 495. The second-order valence-corrected chi connectivity index (χ2v) is 4.12. The van der Waals surface area contributed by atoms with Crippen LogP contribution in [0, 0.1) is 0 Å². The highest BCUT2D eigenvalue weighted by Gasteiger charge is 2.26. The maximum absolute atomic E-state index is 12.0. The van der Waals surface area contributed by atoms with Crippen molar-refractivity contribution >= 4 is 11.8 Å². The third-order valence-electron chi connectivity index (χ3n) is 2.79. The van der Waals surface area contributed by atoms with Crippen molar-refractivity contribution in [2.45, 2.75) is 24.9 Å². The normalized spacial score (nSPS) is 16.1. The molecule has 1 heterocycles. The van der Waals surface area contributed by atoms with Crippen LogP contribution >= 0.6 is 0 Å². The van der Waals surface area contributed by atoms with Gasteiger partial charge in [0.05, 0.1) is 13.7 Å². The lowest BCUT2D eigenvalue weighted by Gasteiger charge is -2.14. The minimum atomic E-state index is -0.981. The van der Waals surface area contributed by atoms with Gasteiger partial charge in [0.15, 0.2) is 5.82 Å². The quantitative estimate of drug-likeness (QED) is 0.689. The Morgan fingerprint density at radius 2 is 2.44 bits per heavy atom. The number of anilines is 1. The first-order valence-electron chi connectivity index (χ1n) is 5.69. The number of methoxy groups -OCH3 is 1. The number of nitrogens with one attached hydrogen (secondary N) is 1. The lowest BCUT2D eigenvalue weighted by molar-refractivity contribution is -0.142. The van der Waals surface area contributed by atoms with E-state index in [1.54, 1.807) is 10.8 Å². The Morgan fingerprint density at radius 1 is 1.72 bits per heavy atom. The van der Waals surface area contributed by atoms with Crippen LogP contribution in [-0.4, -0.2) is 40.4 Å². The Morgan fingerprint density at radius 3 is 3.00 bits per heavy atom. The van der Waals surface area contributed by atoms with Crippen molar-refractivity contribution < 1.29 is 14.6 Å². The van der Waals surface area contributed by atoms with Crippen molar-refractivity contribution in [3.05, 3.63) is 22.7 Å². The number of esters is 1. The number of aromatic nitrogens is 2. The molecule has 0 aromatic carbocycles. The lowest BCUT2D eigenvalue weighted by Crippen LogP contribution is -2.37. The van der Waals surface area contributed by atoms with Crippen molar-refractivity contribution in [2.24, 2.45) is 0 Å². The molecule has 0 spiro atoms. The summed E-state index contributed by atoms with van der Waals surface area (Å²) in [5.41, 5.74) is -0.289. The number of carbonyl (C=O) groups is 1. The maximum atomic E-state index is 12.0. The highest BCUT2D eigenvalue weighted by molar-refractivity contribution is 5.78. The van der Waals surface area contributed by atoms with Crippen LogP contribution in [0.4, 0.5) is 5.82 Å². The van der Waals surface area contributed by atoms with Gasteiger partial charge >= 0.3 is 5.97 Å². The number of rotatable bonds is 5. The van der Waals surface area contributed by atoms with E-state index in [0.717, 1.165) is 12.8 Å². The highest BCUT2D eigenvalue weighted by atomic mass is 16.5. The van der Waals surface area contributed by atoms with E-state index in [2.05, 4.69) is 15.0 Å². The molecular formula is C11H15N3O4. The molecule has 2 N–H and O–H groups in total. The van der Waals surface area contributed by atoms with Gasteiger partial charge < -0.3 is 19.7 Å². The lowest BCUT2D eigenvalue weighted by atomic mass is 10.3. The average Bonchev–Trinajstić information content (AvgIpc) is 3.21. The Hall–Kier alpha value is -1.89. The van der Waals surface area contributed by atoms with E-state index in [0.29, 0.717) is 0 Å². The van der Waals surface area contributed by atoms with Gasteiger partial charge in [0.25, 0.3) is 5.56 Å². The number of aliphatic hydroxyl groups is 1. The summed E-state index contributed by atoms with van der Waals surface area (Å²) >= 11 is 0. The molecule has 1 aromatic rings. The zero-order chi connectivity index (χ0) is 13.1. The van der Waals surface area contributed by atoms with E-state index in [-0.39, 0.29) is 17.4 Å². The van der Waals surface area contributed by atoms with Crippen LogP contribution in [0.15, 0.2) is 17.2 Å². The van der Waals surface area contributed by atoms with Crippen LogP contribution in [0.5, 0.6) is 0 Å². The maximum Gasteiger partial charge on any atom is 0.330 e. The van der Waals surface area contributed by atoms with Crippen molar-refractivity contribution in [2.75, 3.05) is 19.0 Å². The number of hydrogen-bond donors (Lipinski definition) is 2. The van der Waals surface area contributed by atoms with E-state index >= 15 is 0 Å². The van der Waals surface area contributed by atoms with Crippen LogP contribution in [0.25, 0.3) is 0 Å². The zero-order valence-corrected chi connectivity index (χ0v) is 10.00. The summed E-state index contributed by atoms with van der Waals surface area (Å²) in [5.74, 6) is -0.589. The molecule has 0 saturated heterocycles. The summed E-state index contributed by atoms with van der Waals surface area (Å²) in [6.07, 6.45) is 5.07. The molecular weight excluding hydrogens is 238 g/mol. The smallest absolute Gasteiger partial charge is 0.330 e. The Labute approximate surface area is 103 Å². The van der Waals surface area contributed by atoms with Gasteiger partial charge in [-0.3, -0.25) is 4.79 Å². The first-order valence-corrected chi connectivity index (χ1v) is 5.69. The number of nitrogens with zero attached hydrogens (tertiary/aromatic N) is 2. The Kier molecular flexibility index (Phi) is 3.61. The summed E-state index contributed by atoms with van der Waals surface area (Å²) in [6, 6.07) is -0.753. The fourth-order valence-electron chi connectivity index (χ4n) is 1.65. The molecule has 2 rings (SSSR count). The third kappa shape index (κ3) is 2.51. The molecule has 7 heteroatoms. The summed E-state index contributed by atoms with van der Waals surface area (Å²) < 4.78 is 6.09. The largest absolute Gasteiger partial charge is 0.467 e. The second kappa shape index (κ2) is 5.18. The molecule has 0 radical (unpaired) electrons. The number of hydrogen-bond acceptors (Lipinski definition) is 6. The van der Waals surface area contributed by atoms with Crippen LogP contribution in [0.2, 0.25) is 0 Å². The number of aliphatic hydroxyl groups excluding tert-OH is 1. The molecule has 7 nitrogen and oxygen atoms in total. The van der Waals surface area contributed by atoms with Crippen molar-refractivity contribution in [3.8, 4) is 0 Å². The highest BCUT2D eigenvalue weighted by Crippen LogP contribution is 2.33. The van der Waals surface area contributed by atoms with Gasteiger partial charge in [-0.1, -0.05) is 0 Å². The summed E-state index contributed by atoms with van der Waals surface area (Å²) in [7, 11) is 1.22. The first-order chi connectivity index (χ1) is 8.67. The van der Waals surface area contributed by atoms with Crippen molar-refractivity contribution in [1.82, 2.24) is 9.55 Å². The Balaban J connectivity index is 2.20. The van der Waals surface area contributed by atoms with E-state index in [1.165, 1.54) is 13.3 Å². The molecule has 1 saturated carbocycles. The van der Waals surface area contributed by atoms with E-state index in [1.807, 2.05) is 0 Å². The first kappa shape index (κ1) is 12.6. The van der Waals surface area contributed by atoms with Crippen molar-refractivity contribution in [1.29, 1.82) is 0 Å². The average molecular weight is 253 g/mol. The minimum absolute atomic E-state index is 0.0499. The second-order valence-electron chi connectivity index (χ2n) is 4.12. The molecule has 1 atom stereocenters. The van der Waals surface area contributed by atoms with Gasteiger partial charge in [0.1, 0.15) is 6.04 Å². The van der Waals surface area contributed by atoms with Gasteiger partial charge in [-0.2, -0.15) is 0 Å². The predicted molar refractivity (Wildman–Crippen MR) is 63.3 cm³/mol. The molecule has 1 aliphatic carbocycles. The van der Waals surface area contributed by atoms with Gasteiger partial charge in [-0.15, -0.1) is 0 Å². The molecule has 1 aromatic heterocycles. The number of ether oxygens (including phenoxy) is 1. The van der Waals surface area contributed by atoms with Gasteiger partial charge in [0.2, 0.25) is 0 Å². The molecule has 1 aliphatic rings. The standard InChI is InChI=1S/C11H15N3O4/c1-18-11(17)8(6-15)13-9-10(16)14(5-4-12-9)7-2-3-7/h4-5,7-8,15H,2-3,6H2,1H3,(H,12,13). The minimum Gasteiger partial charge on any atom is -0.467 e. The fraction of sp³-hybridized carbons (Fsp3) is 0.545. The van der Waals surface area contributed by atoms with E-state index in [4.69, 9.17) is 5.11 Å². The third-order valence-corrected chi connectivity index (χ3v) is 2.79. The van der Waals surface area contributed by atoms with E-state index < -0.39 is 18.6 Å². The molecule has 0 aliphatic heterocycles. The van der Waals surface area contributed by atoms with Gasteiger partial charge in [-0.05, 0) is 12.8 Å². The molecule has 1 fully saturated rings. The van der Waals surface area contributed by atoms with Crippen molar-refractivity contribution in [3.63, 3.8) is 0 Å². The van der Waals surface area contributed by atoms with Gasteiger partial charge in [-0.25, -0.2) is 9.78 Å². The predicted octanol–water partition coefficient (Wildman–Crippen LogP) is -0.476. The topological polar surface area (TPSA) is 93.4 Å². The van der Waals surface area contributed by atoms with E-state index in [9.17, 15) is 9.59 Å². The van der Waals surface area contributed by atoms with Crippen LogP contribution in [0.1, 0.15) is 18.9 Å². The van der Waals surface area contributed by atoms with Crippen LogP contribution in [0.3, 0.4) is 0 Å². The monoisotopic (exact) mass is 253 g/mol. The summed E-state index contributed by atoms with van der Waals surface area (Å²) in [4.78, 5) is 27.2.